The molecule has 0 spiro atoms. The van der Waals surface area contributed by atoms with Crippen LogP contribution in [0.3, 0.4) is 0 Å². The second-order valence-electron chi connectivity index (χ2n) is 7.17. The van der Waals surface area contributed by atoms with Gasteiger partial charge in [-0.25, -0.2) is 0 Å². The molecule has 0 bridgehead atoms. The monoisotopic (exact) mass is 383 g/mol. The molecule has 1 fully saturated rings. The molecule has 3 rings (SSSR count). The largest absolute Gasteiger partial charge is 0.481 e. The van der Waals surface area contributed by atoms with Crippen molar-refractivity contribution in [1.29, 1.82) is 0 Å². The minimum Gasteiger partial charge on any atom is -0.481 e. The maximum Gasteiger partial charge on any atom is 0.311 e. The number of aliphatic carboxylic acids is 1. The molecule has 2 aromatic carbocycles. The van der Waals surface area contributed by atoms with Crippen LogP contribution >= 0.6 is 0 Å². The molecule has 2 aromatic rings. The molecule has 0 aliphatic carbocycles. The number of carbonyl (C=O) groups is 2. The van der Waals surface area contributed by atoms with Gasteiger partial charge in [0.1, 0.15) is 5.69 Å². The maximum atomic E-state index is 12.7. The number of likely N-dealkylation sites (tertiary alicyclic amines) is 1. The fraction of sp³-hybridized carbons (Fsp3) is 0.300. The van der Waals surface area contributed by atoms with Gasteiger partial charge in [-0.2, -0.15) is 0 Å². The highest BCUT2D eigenvalue weighted by Crippen LogP contribution is 2.32. The first kappa shape index (κ1) is 19.3. The van der Waals surface area contributed by atoms with Crippen molar-refractivity contribution in [3.63, 3.8) is 0 Å². The molecule has 1 amide bonds. The van der Waals surface area contributed by atoms with Crippen molar-refractivity contribution in [2.24, 2.45) is 5.41 Å². The molecular weight excluding hydrogens is 362 g/mol. The summed E-state index contributed by atoms with van der Waals surface area (Å²) < 4.78 is 0. The molecule has 8 heteroatoms. The van der Waals surface area contributed by atoms with Gasteiger partial charge in [-0.05, 0) is 31.0 Å². The van der Waals surface area contributed by atoms with Crippen molar-refractivity contribution in [2.75, 3.05) is 18.4 Å². The van der Waals surface area contributed by atoms with Crippen molar-refractivity contribution in [3.05, 3.63) is 69.8 Å². The molecule has 2 N–H and O–H groups in total. The minimum absolute atomic E-state index is 0.0863. The van der Waals surface area contributed by atoms with E-state index in [2.05, 4.69) is 5.32 Å². The Morgan fingerprint density at radius 1 is 1.25 bits per heavy atom. The molecule has 146 valence electrons. The third kappa shape index (κ3) is 3.95. The SMILES string of the molecule is CC1(C(=O)O)CCN(C(=O)c2ccc(NCc3ccccc3)c([N+](=O)[O-])c2)C1. The zero-order chi connectivity index (χ0) is 20.3. The lowest BCUT2D eigenvalue weighted by atomic mass is 9.90. The van der Waals surface area contributed by atoms with Gasteiger partial charge in [0.25, 0.3) is 11.6 Å². The van der Waals surface area contributed by atoms with E-state index in [1.165, 1.54) is 23.1 Å². The lowest BCUT2D eigenvalue weighted by Gasteiger charge is -2.20. The number of hydrogen-bond acceptors (Lipinski definition) is 5. The number of rotatable bonds is 6. The van der Waals surface area contributed by atoms with Crippen molar-refractivity contribution >= 4 is 23.3 Å². The first-order valence-electron chi connectivity index (χ1n) is 8.89. The highest BCUT2D eigenvalue weighted by Gasteiger charge is 2.42. The summed E-state index contributed by atoms with van der Waals surface area (Å²) in [5, 5.41) is 23.8. The normalized spacial score (nSPS) is 18.7. The summed E-state index contributed by atoms with van der Waals surface area (Å²) >= 11 is 0. The zero-order valence-electron chi connectivity index (χ0n) is 15.4. The van der Waals surface area contributed by atoms with Crippen LogP contribution in [0.15, 0.2) is 48.5 Å². The zero-order valence-corrected chi connectivity index (χ0v) is 15.4. The lowest BCUT2D eigenvalue weighted by molar-refractivity contribution is -0.384. The van der Waals surface area contributed by atoms with Crippen LogP contribution < -0.4 is 5.32 Å². The number of carboxylic acid groups (broad SMARTS) is 1. The van der Waals surface area contributed by atoms with Crippen LogP contribution in [0.4, 0.5) is 11.4 Å². The first-order valence-corrected chi connectivity index (χ1v) is 8.89. The number of carbonyl (C=O) groups excluding carboxylic acids is 1. The molecular formula is C20H21N3O5. The highest BCUT2D eigenvalue weighted by molar-refractivity contribution is 5.96. The summed E-state index contributed by atoms with van der Waals surface area (Å²) in [6.45, 7) is 2.41. The number of nitrogens with zero attached hydrogens (tertiary/aromatic N) is 2. The Labute approximate surface area is 161 Å². The molecule has 8 nitrogen and oxygen atoms in total. The van der Waals surface area contributed by atoms with Crippen LogP contribution in [0.2, 0.25) is 0 Å². The Morgan fingerprint density at radius 3 is 2.57 bits per heavy atom. The topological polar surface area (TPSA) is 113 Å². The van der Waals surface area contributed by atoms with Gasteiger partial charge in [-0.3, -0.25) is 19.7 Å². The smallest absolute Gasteiger partial charge is 0.311 e. The predicted octanol–water partition coefficient (Wildman–Crippen LogP) is 3.14. The number of hydrogen-bond donors (Lipinski definition) is 2. The van der Waals surface area contributed by atoms with Crippen LogP contribution in [-0.4, -0.2) is 39.9 Å². The average molecular weight is 383 g/mol. The van der Waals surface area contributed by atoms with Crippen LogP contribution in [-0.2, 0) is 11.3 Å². The van der Waals surface area contributed by atoms with Crippen LogP contribution in [0, 0.1) is 15.5 Å². The number of nitro groups is 1. The van der Waals surface area contributed by atoms with E-state index >= 15 is 0 Å². The predicted molar refractivity (Wildman–Crippen MR) is 103 cm³/mol. The second-order valence-corrected chi connectivity index (χ2v) is 7.17. The minimum atomic E-state index is -0.987. The maximum absolute atomic E-state index is 12.7. The Morgan fingerprint density at radius 2 is 1.96 bits per heavy atom. The Kier molecular flexibility index (Phi) is 5.30. The van der Waals surface area contributed by atoms with E-state index < -0.39 is 22.2 Å². The third-order valence-electron chi connectivity index (χ3n) is 5.04. The van der Waals surface area contributed by atoms with Crippen molar-refractivity contribution in [1.82, 2.24) is 4.90 Å². The Bertz CT molecular complexity index is 915. The summed E-state index contributed by atoms with van der Waals surface area (Å²) in [5.74, 6) is -1.35. The summed E-state index contributed by atoms with van der Waals surface area (Å²) in [6, 6.07) is 13.8. The standard InChI is InChI=1S/C20H21N3O5/c1-20(19(25)26)9-10-22(13-20)18(24)15-7-8-16(17(11-15)23(27)28)21-12-14-5-3-2-4-6-14/h2-8,11,21H,9-10,12-13H2,1H3,(H,25,26). The van der Waals surface area contributed by atoms with Gasteiger partial charge in [0, 0.05) is 31.3 Å². The van der Waals surface area contributed by atoms with Gasteiger partial charge in [0.15, 0.2) is 0 Å². The van der Waals surface area contributed by atoms with Crippen LogP contribution in [0.25, 0.3) is 0 Å². The molecule has 1 aliphatic heterocycles. The summed E-state index contributed by atoms with van der Waals surface area (Å²) in [4.78, 5) is 36.5. The van der Waals surface area contributed by atoms with E-state index in [1.54, 1.807) is 6.92 Å². The van der Waals surface area contributed by atoms with E-state index in [-0.39, 0.29) is 17.8 Å². The highest BCUT2D eigenvalue weighted by atomic mass is 16.6. The Hall–Kier alpha value is -3.42. The molecule has 0 saturated carbocycles. The summed E-state index contributed by atoms with van der Waals surface area (Å²) in [7, 11) is 0. The molecule has 1 aliphatic rings. The van der Waals surface area contributed by atoms with Gasteiger partial charge in [-0.1, -0.05) is 30.3 Å². The fourth-order valence-electron chi connectivity index (χ4n) is 3.25. The van der Waals surface area contributed by atoms with Crippen molar-refractivity contribution in [3.8, 4) is 0 Å². The molecule has 0 aromatic heterocycles. The van der Waals surface area contributed by atoms with Gasteiger partial charge < -0.3 is 15.3 Å². The molecule has 1 unspecified atom stereocenters. The summed E-state index contributed by atoms with van der Waals surface area (Å²) in [6.07, 6.45) is 0.354. The summed E-state index contributed by atoms with van der Waals surface area (Å²) in [5.41, 5.74) is 0.288. The quantitative estimate of drug-likeness (QED) is 0.585. The van der Waals surface area contributed by atoms with Crippen LogP contribution in [0.1, 0.15) is 29.3 Å². The molecule has 0 radical (unpaired) electrons. The van der Waals surface area contributed by atoms with E-state index in [0.717, 1.165) is 5.56 Å². The Balaban J connectivity index is 1.78. The lowest BCUT2D eigenvalue weighted by Crippen LogP contribution is -2.34. The van der Waals surface area contributed by atoms with Crippen molar-refractivity contribution < 1.29 is 19.6 Å². The molecule has 28 heavy (non-hydrogen) atoms. The van der Waals surface area contributed by atoms with E-state index in [4.69, 9.17) is 0 Å². The first-order chi connectivity index (χ1) is 13.3. The number of anilines is 1. The second kappa shape index (κ2) is 7.67. The van der Waals surface area contributed by atoms with E-state index in [1.807, 2.05) is 30.3 Å². The number of carboxylic acids is 1. The van der Waals surface area contributed by atoms with Gasteiger partial charge >= 0.3 is 5.97 Å². The van der Waals surface area contributed by atoms with E-state index in [9.17, 15) is 24.8 Å². The number of nitrogens with one attached hydrogen (secondary N) is 1. The number of nitro benzene ring substituents is 1. The van der Waals surface area contributed by atoms with Gasteiger partial charge in [0.2, 0.25) is 0 Å². The van der Waals surface area contributed by atoms with E-state index in [0.29, 0.717) is 25.2 Å². The fourth-order valence-corrected chi connectivity index (χ4v) is 3.25. The molecule has 1 atom stereocenters. The molecule has 1 saturated heterocycles. The van der Waals surface area contributed by atoms with Gasteiger partial charge in [0.05, 0.1) is 10.3 Å². The van der Waals surface area contributed by atoms with Gasteiger partial charge in [-0.15, -0.1) is 0 Å². The average Bonchev–Trinajstić information content (AvgIpc) is 3.10. The molecule has 1 heterocycles. The number of benzene rings is 2. The third-order valence-corrected chi connectivity index (χ3v) is 5.04. The van der Waals surface area contributed by atoms with Crippen LogP contribution in [0.5, 0.6) is 0 Å². The van der Waals surface area contributed by atoms with Crippen molar-refractivity contribution in [2.45, 2.75) is 19.9 Å². The number of amides is 1.